The van der Waals surface area contributed by atoms with E-state index < -0.39 is 5.60 Å². The van der Waals surface area contributed by atoms with Crippen LogP contribution in [0.5, 0.6) is 0 Å². The van der Waals surface area contributed by atoms with E-state index in [9.17, 15) is 5.11 Å². The van der Waals surface area contributed by atoms with Crippen molar-refractivity contribution < 1.29 is 5.11 Å². The molecule has 0 aliphatic rings. The van der Waals surface area contributed by atoms with Gasteiger partial charge in [0.25, 0.3) is 0 Å². The number of hydrogen-bond acceptors (Lipinski definition) is 3. The highest BCUT2D eigenvalue weighted by Gasteiger charge is 2.18. The van der Waals surface area contributed by atoms with Crippen LogP contribution in [0.25, 0.3) is 0 Å². The average Bonchev–Trinajstić information content (AvgIpc) is 2.17. The van der Waals surface area contributed by atoms with Gasteiger partial charge in [-0.1, -0.05) is 11.6 Å². The van der Waals surface area contributed by atoms with E-state index >= 15 is 0 Å². The zero-order chi connectivity index (χ0) is 10.6. The van der Waals surface area contributed by atoms with Crippen LogP contribution in [-0.2, 0) is 0 Å². The van der Waals surface area contributed by atoms with Crippen molar-refractivity contribution in [1.82, 2.24) is 0 Å². The Morgan fingerprint density at radius 1 is 1.50 bits per heavy atom. The molecule has 0 saturated carbocycles. The van der Waals surface area contributed by atoms with Crippen molar-refractivity contribution in [2.75, 3.05) is 5.75 Å². The number of rotatable bonds is 3. The number of aliphatic hydroxyl groups is 1. The molecule has 1 N–H and O–H groups in total. The lowest BCUT2D eigenvalue weighted by Gasteiger charge is -2.12. The molecule has 0 amide bonds. The first-order valence-electron chi connectivity index (χ1n) is 4.05. The number of nitrogens with zero attached hydrogens (tertiary/aromatic N) is 1. The van der Waals surface area contributed by atoms with Crippen molar-refractivity contribution >= 4 is 23.4 Å². The maximum atomic E-state index is 9.43. The third kappa shape index (κ3) is 3.59. The van der Waals surface area contributed by atoms with Gasteiger partial charge in [-0.15, -0.1) is 11.8 Å². The van der Waals surface area contributed by atoms with Crippen LogP contribution in [0.15, 0.2) is 29.2 Å². The Morgan fingerprint density at radius 3 is 2.57 bits per heavy atom. The topological polar surface area (TPSA) is 44.0 Å². The van der Waals surface area contributed by atoms with E-state index in [-0.39, 0.29) is 0 Å². The Morgan fingerprint density at radius 2 is 2.07 bits per heavy atom. The fourth-order valence-electron chi connectivity index (χ4n) is 0.787. The van der Waals surface area contributed by atoms with Crippen LogP contribution in [0.1, 0.15) is 6.92 Å². The largest absolute Gasteiger partial charge is 0.375 e. The number of halogens is 1. The molecule has 0 heterocycles. The monoisotopic (exact) mass is 227 g/mol. The Balaban J connectivity index is 2.55. The first-order valence-corrected chi connectivity index (χ1v) is 5.42. The summed E-state index contributed by atoms with van der Waals surface area (Å²) in [5.41, 5.74) is -1.27. The SMILES string of the molecule is CC(O)(C#N)CSc1ccc(Cl)cc1. The minimum absolute atomic E-state index is 0.352. The van der Waals surface area contributed by atoms with E-state index in [4.69, 9.17) is 16.9 Å². The van der Waals surface area contributed by atoms with E-state index in [0.717, 1.165) is 4.90 Å². The summed E-state index contributed by atoms with van der Waals surface area (Å²) < 4.78 is 0. The molecular weight excluding hydrogens is 218 g/mol. The van der Waals surface area contributed by atoms with Gasteiger partial charge in [0.15, 0.2) is 5.60 Å². The molecule has 14 heavy (non-hydrogen) atoms. The quantitative estimate of drug-likeness (QED) is 0.638. The number of hydrogen-bond donors (Lipinski definition) is 1. The highest BCUT2D eigenvalue weighted by atomic mass is 35.5. The zero-order valence-corrected chi connectivity index (χ0v) is 9.27. The van der Waals surface area contributed by atoms with Crippen molar-refractivity contribution in [3.8, 4) is 6.07 Å². The summed E-state index contributed by atoms with van der Waals surface area (Å²) in [6.07, 6.45) is 0. The van der Waals surface area contributed by atoms with Gasteiger partial charge in [0, 0.05) is 15.7 Å². The second kappa shape index (κ2) is 4.70. The molecule has 0 aliphatic heterocycles. The maximum Gasteiger partial charge on any atom is 0.157 e. The molecular formula is C10H10ClNOS. The molecule has 1 unspecified atom stereocenters. The van der Waals surface area contributed by atoms with Crippen LogP contribution >= 0.6 is 23.4 Å². The van der Waals surface area contributed by atoms with Gasteiger partial charge in [-0.2, -0.15) is 5.26 Å². The smallest absolute Gasteiger partial charge is 0.157 e. The molecule has 0 saturated heterocycles. The van der Waals surface area contributed by atoms with Crippen molar-refractivity contribution in [3.63, 3.8) is 0 Å². The Hall–Kier alpha value is -0.690. The van der Waals surface area contributed by atoms with Crippen LogP contribution < -0.4 is 0 Å². The second-order valence-corrected chi connectivity index (χ2v) is 4.61. The van der Waals surface area contributed by atoms with Crippen LogP contribution in [0.3, 0.4) is 0 Å². The van der Waals surface area contributed by atoms with Crippen molar-refractivity contribution in [2.45, 2.75) is 17.4 Å². The third-order valence-electron chi connectivity index (χ3n) is 1.57. The van der Waals surface area contributed by atoms with Crippen molar-refractivity contribution in [2.24, 2.45) is 0 Å². The standard InChI is InChI=1S/C10H10ClNOS/c1-10(13,6-12)7-14-9-4-2-8(11)3-5-9/h2-5,13H,7H2,1H3. The molecule has 0 aromatic heterocycles. The molecule has 0 fully saturated rings. The summed E-state index contributed by atoms with van der Waals surface area (Å²) in [7, 11) is 0. The summed E-state index contributed by atoms with van der Waals surface area (Å²) in [5.74, 6) is 0.352. The van der Waals surface area contributed by atoms with Crippen molar-refractivity contribution in [3.05, 3.63) is 29.3 Å². The van der Waals surface area contributed by atoms with Gasteiger partial charge in [0.1, 0.15) is 0 Å². The number of benzene rings is 1. The van der Waals surface area contributed by atoms with Gasteiger partial charge >= 0.3 is 0 Å². The summed E-state index contributed by atoms with van der Waals surface area (Å²) in [6, 6.07) is 9.12. The summed E-state index contributed by atoms with van der Waals surface area (Å²) in [4.78, 5) is 0.991. The van der Waals surface area contributed by atoms with Gasteiger partial charge in [-0.25, -0.2) is 0 Å². The van der Waals surface area contributed by atoms with Crippen LogP contribution in [0.4, 0.5) is 0 Å². The summed E-state index contributed by atoms with van der Waals surface area (Å²) in [6.45, 7) is 1.50. The molecule has 1 aromatic carbocycles. The highest BCUT2D eigenvalue weighted by molar-refractivity contribution is 7.99. The van der Waals surface area contributed by atoms with Crippen LogP contribution in [0, 0.1) is 11.3 Å². The molecule has 0 aliphatic carbocycles. The molecule has 1 rings (SSSR count). The van der Waals surface area contributed by atoms with Gasteiger partial charge in [0.2, 0.25) is 0 Å². The van der Waals surface area contributed by atoms with Crippen molar-refractivity contribution in [1.29, 1.82) is 5.26 Å². The molecule has 2 nitrogen and oxygen atoms in total. The van der Waals surface area contributed by atoms with E-state index in [1.807, 2.05) is 18.2 Å². The molecule has 0 radical (unpaired) electrons. The van der Waals surface area contributed by atoms with Gasteiger partial charge in [-0.3, -0.25) is 0 Å². The molecule has 1 atom stereocenters. The normalized spacial score (nSPS) is 14.4. The minimum atomic E-state index is -1.27. The maximum absolute atomic E-state index is 9.43. The first kappa shape index (κ1) is 11.4. The predicted molar refractivity (Wildman–Crippen MR) is 58.4 cm³/mol. The van der Waals surface area contributed by atoms with Gasteiger partial charge < -0.3 is 5.11 Å². The predicted octanol–water partition coefficient (Wildman–Crippen LogP) is 2.71. The van der Waals surface area contributed by atoms with Crippen LogP contribution in [-0.4, -0.2) is 16.5 Å². The lowest BCUT2D eigenvalue weighted by molar-refractivity contribution is 0.146. The van der Waals surface area contributed by atoms with Crippen LogP contribution in [0.2, 0.25) is 5.02 Å². The number of thioether (sulfide) groups is 1. The fraction of sp³-hybridized carbons (Fsp3) is 0.300. The van der Waals surface area contributed by atoms with Gasteiger partial charge in [0.05, 0.1) is 6.07 Å². The highest BCUT2D eigenvalue weighted by Crippen LogP contribution is 2.23. The minimum Gasteiger partial charge on any atom is -0.375 e. The zero-order valence-electron chi connectivity index (χ0n) is 7.70. The number of nitriles is 1. The fourth-order valence-corrected chi connectivity index (χ4v) is 1.75. The molecule has 4 heteroatoms. The Labute approximate surface area is 92.5 Å². The summed E-state index contributed by atoms with van der Waals surface area (Å²) in [5, 5.41) is 18.7. The van der Waals surface area contributed by atoms with E-state index in [1.165, 1.54) is 18.7 Å². The molecule has 1 aromatic rings. The second-order valence-electron chi connectivity index (χ2n) is 3.13. The average molecular weight is 228 g/mol. The first-order chi connectivity index (χ1) is 6.53. The van der Waals surface area contributed by atoms with Gasteiger partial charge in [-0.05, 0) is 31.2 Å². The van der Waals surface area contributed by atoms with E-state index in [2.05, 4.69) is 0 Å². The molecule has 0 bridgehead atoms. The van der Waals surface area contributed by atoms with E-state index in [1.54, 1.807) is 12.1 Å². The lowest BCUT2D eigenvalue weighted by atomic mass is 10.2. The Kier molecular flexibility index (Phi) is 3.82. The lowest BCUT2D eigenvalue weighted by Crippen LogP contribution is -2.24. The third-order valence-corrected chi connectivity index (χ3v) is 3.14. The molecule has 0 spiro atoms. The summed E-state index contributed by atoms with van der Waals surface area (Å²) >= 11 is 7.15. The molecule has 74 valence electrons. The van der Waals surface area contributed by atoms with E-state index in [0.29, 0.717) is 10.8 Å². The Bertz CT molecular complexity index is 342.